The van der Waals surface area contributed by atoms with Crippen LogP contribution < -0.4 is 0 Å². The van der Waals surface area contributed by atoms with Crippen molar-refractivity contribution in [2.24, 2.45) is 0 Å². The van der Waals surface area contributed by atoms with Gasteiger partial charge in [0.15, 0.2) is 5.12 Å². The Labute approximate surface area is 71.9 Å². The molecule has 0 heterocycles. The lowest BCUT2D eigenvalue weighted by atomic mass is 10.3. The molecular formula is C9H12OS. The predicted octanol–water partition coefficient (Wildman–Crippen LogP) is 2.56. The van der Waals surface area contributed by atoms with Gasteiger partial charge in [0.1, 0.15) is 0 Å². The van der Waals surface area contributed by atoms with Crippen LogP contribution in [-0.4, -0.2) is 10.9 Å². The molecule has 11 heavy (non-hydrogen) atoms. The Kier molecular flexibility index (Phi) is 5.57. The van der Waals surface area contributed by atoms with Crippen molar-refractivity contribution in [3.63, 3.8) is 0 Å². The SMILES string of the molecule is C=C/C=C(\C=C)CSC(C)=O. The van der Waals surface area contributed by atoms with Crippen molar-refractivity contribution >= 4 is 16.9 Å². The third kappa shape index (κ3) is 5.67. The van der Waals surface area contributed by atoms with Crippen LogP contribution in [0.1, 0.15) is 6.92 Å². The highest BCUT2D eigenvalue weighted by molar-refractivity contribution is 8.13. The van der Waals surface area contributed by atoms with Crippen LogP contribution in [0.15, 0.2) is 37.0 Å². The fourth-order valence-corrected chi connectivity index (χ4v) is 1.10. The van der Waals surface area contributed by atoms with Crippen molar-refractivity contribution in [1.29, 1.82) is 0 Å². The molecule has 0 N–H and O–H groups in total. The molecule has 0 saturated heterocycles. The van der Waals surface area contributed by atoms with Gasteiger partial charge in [-0.2, -0.15) is 0 Å². The minimum Gasteiger partial charge on any atom is -0.288 e. The Morgan fingerprint density at radius 2 is 2.18 bits per heavy atom. The van der Waals surface area contributed by atoms with Crippen molar-refractivity contribution in [2.45, 2.75) is 6.92 Å². The topological polar surface area (TPSA) is 17.1 Å². The molecule has 0 aliphatic rings. The highest BCUT2D eigenvalue weighted by Gasteiger charge is 1.94. The first-order valence-corrected chi connectivity index (χ1v) is 4.26. The van der Waals surface area contributed by atoms with Gasteiger partial charge in [-0.15, -0.1) is 0 Å². The molecule has 0 spiro atoms. The van der Waals surface area contributed by atoms with E-state index in [4.69, 9.17) is 0 Å². The van der Waals surface area contributed by atoms with Gasteiger partial charge < -0.3 is 0 Å². The van der Waals surface area contributed by atoms with E-state index >= 15 is 0 Å². The minimum absolute atomic E-state index is 0.127. The van der Waals surface area contributed by atoms with Crippen LogP contribution in [0.4, 0.5) is 0 Å². The fraction of sp³-hybridized carbons (Fsp3) is 0.222. The van der Waals surface area contributed by atoms with Gasteiger partial charge in [-0.3, -0.25) is 4.79 Å². The quantitative estimate of drug-likeness (QED) is 0.600. The molecule has 0 rings (SSSR count). The lowest BCUT2D eigenvalue weighted by Gasteiger charge is -1.96. The number of rotatable bonds is 4. The normalized spacial score (nSPS) is 10.8. The number of carbonyl (C=O) groups is 1. The molecule has 0 radical (unpaired) electrons. The van der Waals surface area contributed by atoms with E-state index in [1.807, 2.05) is 6.08 Å². The number of carbonyl (C=O) groups excluding carboxylic acids is 1. The van der Waals surface area contributed by atoms with Crippen LogP contribution in [0, 0.1) is 0 Å². The van der Waals surface area contributed by atoms with Crippen LogP contribution in [0.25, 0.3) is 0 Å². The largest absolute Gasteiger partial charge is 0.288 e. The number of thioether (sulfide) groups is 1. The minimum atomic E-state index is 0.127. The van der Waals surface area contributed by atoms with Crippen LogP contribution in [0.5, 0.6) is 0 Å². The zero-order chi connectivity index (χ0) is 8.69. The summed E-state index contributed by atoms with van der Waals surface area (Å²) in [6, 6.07) is 0. The van der Waals surface area contributed by atoms with E-state index < -0.39 is 0 Å². The van der Waals surface area contributed by atoms with Crippen LogP contribution in [0.3, 0.4) is 0 Å². The first-order chi connectivity index (χ1) is 5.20. The van der Waals surface area contributed by atoms with Crippen molar-refractivity contribution in [3.8, 4) is 0 Å². The molecule has 60 valence electrons. The third-order valence-corrected chi connectivity index (χ3v) is 1.92. The van der Waals surface area contributed by atoms with E-state index in [-0.39, 0.29) is 5.12 Å². The van der Waals surface area contributed by atoms with Crippen LogP contribution in [0.2, 0.25) is 0 Å². The summed E-state index contributed by atoms with van der Waals surface area (Å²) in [4.78, 5) is 10.5. The molecular weight excluding hydrogens is 156 g/mol. The number of hydrogen-bond acceptors (Lipinski definition) is 2. The summed E-state index contributed by atoms with van der Waals surface area (Å²) in [5.41, 5.74) is 1.03. The summed E-state index contributed by atoms with van der Waals surface area (Å²) in [5.74, 6) is 0.685. The monoisotopic (exact) mass is 168 g/mol. The second-order valence-corrected chi connectivity index (χ2v) is 3.11. The molecule has 0 aliphatic heterocycles. The van der Waals surface area contributed by atoms with E-state index in [9.17, 15) is 4.79 Å². The van der Waals surface area contributed by atoms with E-state index in [0.717, 1.165) is 5.57 Å². The molecule has 0 aromatic heterocycles. The first kappa shape index (κ1) is 10.2. The highest BCUT2D eigenvalue weighted by atomic mass is 32.2. The van der Waals surface area contributed by atoms with E-state index in [2.05, 4.69) is 13.2 Å². The predicted molar refractivity (Wildman–Crippen MR) is 51.6 cm³/mol. The van der Waals surface area contributed by atoms with Gasteiger partial charge >= 0.3 is 0 Å². The van der Waals surface area contributed by atoms with Crippen LogP contribution in [-0.2, 0) is 4.79 Å². The van der Waals surface area contributed by atoms with Gasteiger partial charge in [0, 0.05) is 12.7 Å². The molecule has 0 saturated carbocycles. The zero-order valence-corrected chi connectivity index (χ0v) is 7.49. The van der Waals surface area contributed by atoms with Gasteiger partial charge in [0.05, 0.1) is 0 Å². The molecule has 0 atom stereocenters. The number of allylic oxidation sites excluding steroid dienone is 3. The Morgan fingerprint density at radius 1 is 1.55 bits per heavy atom. The first-order valence-electron chi connectivity index (χ1n) is 3.28. The van der Waals surface area contributed by atoms with Gasteiger partial charge in [-0.05, 0) is 5.57 Å². The van der Waals surface area contributed by atoms with Crippen molar-refractivity contribution in [3.05, 3.63) is 37.0 Å². The molecule has 0 bridgehead atoms. The summed E-state index contributed by atoms with van der Waals surface area (Å²) < 4.78 is 0. The van der Waals surface area contributed by atoms with Gasteiger partial charge in [0.2, 0.25) is 0 Å². The lowest BCUT2D eigenvalue weighted by molar-refractivity contribution is -0.109. The summed E-state index contributed by atoms with van der Waals surface area (Å²) in [7, 11) is 0. The van der Waals surface area contributed by atoms with Gasteiger partial charge in [0.25, 0.3) is 0 Å². The maximum atomic E-state index is 10.5. The Hall–Kier alpha value is -0.760. The average molecular weight is 168 g/mol. The van der Waals surface area contributed by atoms with Crippen molar-refractivity contribution in [1.82, 2.24) is 0 Å². The summed E-state index contributed by atoms with van der Waals surface area (Å²) in [6.07, 6.45) is 5.28. The van der Waals surface area contributed by atoms with Gasteiger partial charge in [-0.1, -0.05) is 43.1 Å². The third-order valence-electron chi connectivity index (χ3n) is 1.04. The van der Waals surface area contributed by atoms with Gasteiger partial charge in [-0.25, -0.2) is 0 Å². The molecule has 0 aliphatic carbocycles. The average Bonchev–Trinajstić information content (AvgIpc) is 1.97. The van der Waals surface area contributed by atoms with Crippen molar-refractivity contribution in [2.75, 3.05) is 5.75 Å². The fourth-order valence-electron chi connectivity index (χ4n) is 0.511. The molecule has 0 aromatic rings. The van der Waals surface area contributed by atoms with E-state index in [1.54, 1.807) is 19.1 Å². The molecule has 0 fully saturated rings. The summed E-state index contributed by atoms with van der Waals surface area (Å²) >= 11 is 1.28. The molecule has 0 amide bonds. The lowest BCUT2D eigenvalue weighted by Crippen LogP contribution is -1.87. The van der Waals surface area contributed by atoms with Crippen molar-refractivity contribution < 1.29 is 4.79 Å². The molecule has 0 unspecified atom stereocenters. The standard InChI is InChI=1S/C9H12OS/c1-4-6-9(5-2)7-11-8(3)10/h4-6H,1-2,7H2,3H3/b9-6+. The second kappa shape index (κ2) is 5.98. The molecule has 0 aromatic carbocycles. The Bertz CT molecular complexity index is 192. The Morgan fingerprint density at radius 3 is 2.55 bits per heavy atom. The maximum Gasteiger partial charge on any atom is 0.186 e. The van der Waals surface area contributed by atoms with E-state index in [1.165, 1.54) is 11.8 Å². The van der Waals surface area contributed by atoms with Crippen LogP contribution >= 0.6 is 11.8 Å². The van der Waals surface area contributed by atoms with E-state index in [0.29, 0.717) is 5.75 Å². The maximum absolute atomic E-state index is 10.5. The smallest absolute Gasteiger partial charge is 0.186 e. The molecule has 1 nitrogen and oxygen atoms in total. The Balaban J connectivity index is 3.88. The summed E-state index contributed by atoms with van der Waals surface area (Å²) in [6.45, 7) is 8.73. The number of hydrogen-bond donors (Lipinski definition) is 0. The summed E-state index contributed by atoms with van der Waals surface area (Å²) in [5, 5.41) is 0.127. The highest BCUT2D eigenvalue weighted by Crippen LogP contribution is 2.09. The second-order valence-electron chi connectivity index (χ2n) is 1.96. The molecule has 2 heteroatoms. The zero-order valence-electron chi connectivity index (χ0n) is 6.67.